The smallest absolute Gasteiger partial charge is 0.193 e. The summed E-state index contributed by atoms with van der Waals surface area (Å²) in [5, 5.41) is 3.43. The van der Waals surface area contributed by atoms with Crippen molar-refractivity contribution in [1.29, 1.82) is 0 Å². The zero-order chi connectivity index (χ0) is 17.2. The van der Waals surface area contributed by atoms with Crippen LogP contribution in [0.1, 0.15) is 18.4 Å². The summed E-state index contributed by atoms with van der Waals surface area (Å²) in [6.45, 7) is 9.10. The maximum absolute atomic E-state index is 5.40. The van der Waals surface area contributed by atoms with Gasteiger partial charge in [-0.25, -0.2) is 0 Å². The lowest BCUT2D eigenvalue weighted by molar-refractivity contribution is 0.122. The van der Waals surface area contributed by atoms with E-state index < -0.39 is 0 Å². The number of aliphatic imine (C=N–C) groups is 1. The molecule has 1 aromatic carbocycles. The number of hydrogen-bond acceptors (Lipinski definition) is 3. The van der Waals surface area contributed by atoms with Crippen LogP contribution in [0.2, 0.25) is 0 Å². The Bertz CT molecular complexity index is 527. The summed E-state index contributed by atoms with van der Waals surface area (Å²) in [6, 6.07) is 8.75. The lowest BCUT2D eigenvalue weighted by atomic mass is 10.2. The number of guanidine groups is 1. The van der Waals surface area contributed by atoms with E-state index in [1.807, 2.05) is 13.1 Å². The number of benzene rings is 1. The Hall–Kier alpha value is -1.28. The number of morpholine rings is 1. The molecule has 1 N–H and O–H groups in total. The summed E-state index contributed by atoms with van der Waals surface area (Å²) >= 11 is 0. The number of halogens is 1. The van der Waals surface area contributed by atoms with Crippen molar-refractivity contribution < 1.29 is 4.74 Å². The van der Waals surface area contributed by atoms with E-state index in [2.05, 4.69) is 58.0 Å². The summed E-state index contributed by atoms with van der Waals surface area (Å²) in [4.78, 5) is 8.88. The normalized spacial score (nSPS) is 14.6. The Labute approximate surface area is 169 Å². The van der Waals surface area contributed by atoms with Crippen molar-refractivity contribution in [2.75, 3.05) is 51.8 Å². The van der Waals surface area contributed by atoms with Crippen LogP contribution in [0, 0.1) is 0 Å². The van der Waals surface area contributed by atoms with E-state index in [0.717, 1.165) is 58.2 Å². The molecule has 1 saturated heterocycles. The predicted octanol–water partition coefficient (Wildman–Crippen LogP) is 3.11. The van der Waals surface area contributed by atoms with Gasteiger partial charge in [0.1, 0.15) is 0 Å². The van der Waals surface area contributed by atoms with Gasteiger partial charge >= 0.3 is 0 Å². The van der Waals surface area contributed by atoms with Crippen LogP contribution in [0.3, 0.4) is 0 Å². The predicted molar refractivity (Wildman–Crippen MR) is 117 cm³/mol. The van der Waals surface area contributed by atoms with Gasteiger partial charge in [0.05, 0.1) is 13.2 Å². The highest BCUT2D eigenvalue weighted by molar-refractivity contribution is 14.0. The van der Waals surface area contributed by atoms with Crippen LogP contribution in [-0.4, -0.2) is 57.8 Å². The van der Waals surface area contributed by atoms with E-state index in [4.69, 9.17) is 4.74 Å². The minimum absolute atomic E-state index is 0. The molecule has 1 fully saturated rings. The lowest BCUT2D eigenvalue weighted by Crippen LogP contribution is -2.39. The third kappa shape index (κ3) is 7.23. The molecule has 0 aromatic heterocycles. The van der Waals surface area contributed by atoms with Gasteiger partial charge in [0, 0.05) is 46.0 Å². The largest absolute Gasteiger partial charge is 0.378 e. The first-order valence-corrected chi connectivity index (χ1v) is 8.69. The van der Waals surface area contributed by atoms with Crippen LogP contribution in [0.25, 0.3) is 0 Å². The summed E-state index contributed by atoms with van der Waals surface area (Å²) in [5.74, 6) is 0.927. The van der Waals surface area contributed by atoms with Crippen LogP contribution in [0.5, 0.6) is 0 Å². The quantitative estimate of drug-likeness (QED) is 0.224. The van der Waals surface area contributed by atoms with E-state index in [0.29, 0.717) is 0 Å². The number of unbranched alkanes of at least 4 members (excludes halogenated alkanes) is 1. The Kier molecular flexibility index (Phi) is 10.6. The fourth-order valence-corrected chi connectivity index (χ4v) is 2.79. The molecular formula is C19H31IN4O. The van der Waals surface area contributed by atoms with E-state index in [-0.39, 0.29) is 24.0 Å². The first kappa shape index (κ1) is 21.8. The summed E-state index contributed by atoms with van der Waals surface area (Å²) < 4.78 is 5.40. The summed E-state index contributed by atoms with van der Waals surface area (Å²) in [5.41, 5.74) is 2.53. The monoisotopic (exact) mass is 458 g/mol. The van der Waals surface area contributed by atoms with Crippen LogP contribution in [0.4, 0.5) is 5.69 Å². The second-order valence-electron chi connectivity index (χ2n) is 6.02. The van der Waals surface area contributed by atoms with Crippen LogP contribution in [0.15, 0.2) is 41.9 Å². The fourth-order valence-electron chi connectivity index (χ4n) is 2.79. The average molecular weight is 458 g/mol. The molecule has 0 atom stereocenters. The van der Waals surface area contributed by atoms with Crippen molar-refractivity contribution in [3.63, 3.8) is 0 Å². The molecule has 0 radical (unpaired) electrons. The highest BCUT2D eigenvalue weighted by atomic mass is 127. The summed E-state index contributed by atoms with van der Waals surface area (Å²) in [7, 11) is 3.90. The third-order valence-corrected chi connectivity index (χ3v) is 4.24. The summed E-state index contributed by atoms with van der Waals surface area (Å²) in [6.07, 6.45) is 4.08. The van der Waals surface area contributed by atoms with Crippen molar-refractivity contribution >= 4 is 35.6 Å². The SMILES string of the molecule is C=CCCCN(C)C(=NC)NCc1ccc(N2CCOCC2)cc1.I. The Morgan fingerprint density at radius 3 is 2.60 bits per heavy atom. The molecule has 6 heteroatoms. The number of nitrogens with one attached hydrogen (secondary N) is 1. The van der Waals surface area contributed by atoms with Gasteiger partial charge in [0.2, 0.25) is 0 Å². The molecule has 0 saturated carbocycles. The molecule has 0 amide bonds. The van der Waals surface area contributed by atoms with Gasteiger partial charge in [-0.15, -0.1) is 30.6 Å². The zero-order valence-corrected chi connectivity index (χ0v) is 17.7. The van der Waals surface area contributed by atoms with Gasteiger partial charge in [0.15, 0.2) is 5.96 Å². The minimum atomic E-state index is 0. The molecular weight excluding hydrogens is 427 g/mol. The van der Waals surface area contributed by atoms with E-state index in [9.17, 15) is 0 Å². The highest BCUT2D eigenvalue weighted by Gasteiger charge is 2.11. The van der Waals surface area contributed by atoms with E-state index >= 15 is 0 Å². The second-order valence-corrected chi connectivity index (χ2v) is 6.02. The van der Waals surface area contributed by atoms with Crippen LogP contribution in [-0.2, 0) is 11.3 Å². The number of hydrogen-bond donors (Lipinski definition) is 1. The van der Waals surface area contributed by atoms with Crippen molar-refractivity contribution in [3.8, 4) is 0 Å². The molecule has 25 heavy (non-hydrogen) atoms. The Morgan fingerprint density at radius 1 is 1.32 bits per heavy atom. The molecule has 0 bridgehead atoms. The molecule has 0 unspecified atom stereocenters. The first-order chi connectivity index (χ1) is 11.7. The third-order valence-electron chi connectivity index (χ3n) is 4.24. The van der Waals surface area contributed by atoms with Crippen molar-refractivity contribution in [2.45, 2.75) is 19.4 Å². The number of ether oxygens (including phenoxy) is 1. The first-order valence-electron chi connectivity index (χ1n) is 8.69. The number of allylic oxidation sites excluding steroid dienone is 1. The maximum atomic E-state index is 5.40. The fraction of sp³-hybridized carbons (Fsp3) is 0.526. The zero-order valence-electron chi connectivity index (χ0n) is 15.4. The molecule has 5 nitrogen and oxygen atoms in total. The number of anilines is 1. The van der Waals surface area contributed by atoms with Crippen LogP contribution >= 0.6 is 24.0 Å². The molecule has 0 aliphatic carbocycles. The Morgan fingerprint density at radius 2 is 2.00 bits per heavy atom. The number of rotatable bonds is 7. The van der Waals surface area contributed by atoms with E-state index in [1.54, 1.807) is 0 Å². The standard InChI is InChI=1S/C19H30N4O.HI/c1-4-5-6-11-22(3)19(20-2)21-16-17-7-9-18(10-8-17)23-12-14-24-15-13-23;/h4,7-10H,1,5-6,11-16H2,2-3H3,(H,20,21);1H. The second kappa shape index (κ2) is 12.1. The molecule has 1 aliphatic rings. The lowest BCUT2D eigenvalue weighted by Gasteiger charge is -2.29. The molecule has 1 aliphatic heterocycles. The Balaban J connectivity index is 0.00000312. The van der Waals surface area contributed by atoms with Gasteiger partial charge in [0.25, 0.3) is 0 Å². The minimum Gasteiger partial charge on any atom is -0.378 e. The van der Waals surface area contributed by atoms with Gasteiger partial charge in [-0.05, 0) is 30.5 Å². The van der Waals surface area contributed by atoms with Gasteiger partial charge in [-0.3, -0.25) is 4.99 Å². The van der Waals surface area contributed by atoms with Crippen molar-refractivity contribution in [3.05, 3.63) is 42.5 Å². The van der Waals surface area contributed by atoms with E-state index in [1.165, 1.54) is 11.3 Å². The average Bonchev–Trinajstić information content (AvgIpc) is 2.64. The van der Waals surface area contributed by atoms with Crippen molar-refractivity contribution in [1.82, 2.24) is 10.2 Å². The topological polar surface area (TPSA) is 40.1 Å². The number of nitrogens with zero attached hydrogens (tertiary/aromatic N) is 3. The van der Waals surface area contributed by atoms with Crippen molar-refractivity contribution in [2.24, 2.45) is 4.99 Å². The molecule has 2 rings (SSSR count). The van der Waals surface area contributed by atoms with Gasteiger partial charge in [-0.2, -0.15) is 0 Å². The molecule has 1 heterocycles. The van der Waals surface area contributed by atoms with Gasteiger partial charge in [-0.1, -0.05) is 18.2 Å². The molecule has 0 spiro atoms. The maximum Gasteiger partial charge on any atom is 0.193 e. The van der Waals surface area contributed by atoms with Gasteiger partial charge < -0.3 is 19.9 Å². The van der Waals surface area contributed by atoms with Crippen LogP contribution < -0.4 is 10.2 Å². The molecule has 1 aromatic rings. The highest BCUT2D eigenvalue weighted by Crippen LogP contribution is 2.16. The molecule has 140 valence electrons.